The second kappa shape index (κ2) is 7.13. The molecule has 1 saturated heterocycles. The van der Waals surface area contributed by atoms with Crippen LogP contribution in [-0.4, -0.2) is 47.2 Å². The number of anilines is 1. The van der Waals surface area contributed by atoms with E-state index < -0.39 is 11.6 Å². The van der Waals surface area contributed by atoms with E-state index in [9.17, 15) is 14.7 Å². The molecule has 8 nitrogen and oxygen atoms in total. The van der Waals surface area contributed by atoms with E-state index in [1.54, 1.807) is 25.1 Å². The molecule has 4 N–H and O–H groups in total. The van der Waals surface area contributed by atoms with E-state index in [0.717, 1.165) is 12.8 Å². The summed E-state index contributed by atoms with van der Waals surface area (Å²) in [5.74, 6) is -0.245. The van der Waals surface area contributed by atoms with Crippen molar-refractivity contribution in [2.24, 2.45) is 4.99 Å². The predicted octanol–water partition coefficient (Wildman–Crippen LogP) is 2.17. The first-order valence-corrected chi connectivity index (χ1v) is 8.74. The molecular weight excluding hydrogens is 360 g/mol. The Kier molecular flexibility index (Phi) is 5.06. The maximum atomic E-state index is 13.0. The van der Waals surface area contributed by atoms with Crippen LogP contribution in [0.3, 0.4) is 0 Å². The van der Waals surface area contributed by atoms with Gasteiger partial charge in [0.15, 0.2) is 0 Å². The average Bonchev–Trinajstić information content (AvgIpc) is 2.57. The smallest absolute Gasteiger partial charge is 0.411 e. The fraction of sp³-hybridized carbons (Fsp3) is 0.471. The van der Waals surface area contributed by atoms with E-state index in [-0.39, 0.29) is 24.3 Å². The van der Waals surface area contributed by atoms with Gasteiger partial charge in [0.05, 0.1) is 35.3 Å². The lowest BCUT2D eigenvalue weighted by Crippen LogP contribution is -2.58. The van der Waals surface area contributed by atoms with Crippen LogP contribution in [0.1, 0.15) is 31.7 Å². The number of halogens is 1. The number of ether oxygens (including phenoxy) is 1. The molecule has 1 aromatic carbocycles. The highest BCUT2D eigenvalue weighted by molar-refractivity contribution is 6.34. The number of carboxylic acid groups (broad SMARTS) is 1. The number of nitrogens with two attached hydrogens (primary N) is 1. The molecule has 0 bridgehead atoms. The number of aliphatic imine (C=N–C) groups is 1. The van der Waals surface area contributed by atoms with E-state index in [0.29, 0.717) is 29.5 Å². The van der Waals surface area contributed by atoms with Gasteiger partial charge in [0.1, 0.15) is 0 Å². The fourth-order valence-electron chi connectivity index (χ4n) is 3.43. The van der Waals surface area contributed by atoms with Crippen LogP contribution in [0.4, 0.5) is 10.5 Å². The number of carbonyl (C=O) groups excluding carboxylic acids is 1. The number of rotatable bonds is 2. The molecular formula is C17H21ClN4O4. The third-order valence-electron chi connectivity index (χ3n) is 4.67. The van der Waals surface area contributed by atoms with Crippen molar-refractivity contribution in [1.29, 1.82) is 0 Å². The second-order valence-electron chi connectivity index (χ2n) is 6.66. The standard InChI is InChI=1S/C17H21ClN4O4/c1-17(11-5-2-6-12(19)14(11)18)8-13(23)22(10-4-3-7-26-9-10)15(21-17)20-16(24)25/h2,5-6,10H,3-4,7-9,19H2,1H3,(H,20,21)(H,24,25)/t10?,17-/m0/s1. The SMILES string of the molecule is C[C@@]1(c2cccc(N)c2Cl)CC(=O)N(C2CCCOC2)C(NC(=O)O)=N1. The van der Waals surface area contributed by atoms with Crippen molar-refractivity contribution in [2.45, 2.75) is 37.8 Å². The van der Waals surface area contributed by atoms with E-state index in [1.807, 2.05) is 0 Å². The average molecular weight is 381 g/mol. The first-order chi connectivity index (χ1) is 12.3. The zero-order valence-corrected chi connectivity index (χ0v) is 15.1. The molecule has 2 atom stereocenters. The third-order valence-corrected chi connectivity index (χ3v) is 5.10. The van der Waals surface area contributed by atoms with Gasteiger partial charge in [-0.1, -0.05) is 23.7 Å². The molecule has 0 saturated carbocycles. The summed E-state index contributed by atoms with van der Waals surface area (Å²) >= 11 is 6.33. The molecule has 2 aliphatic heterocycles. The summed E-state index contributed by atoms with van der Waals surface area (Å²) in [6.45, 7) is 2.72. The van der Waals surface area contributed by atoms with Crippen LogP contribution in [0, 0.1) is 0 Å². The molecule has 1 aromatic rings. The van der Waals surface area contributed by atoms with Gasteiger partial charge in [0.2, 0.25) is 11.9 Å². The van der Waals surface area contributed by atoms with Crippen LogP contribution in [0.5, 0.6) is 0 Å². The lowest BCUT2D eigenvalue weighted by atomic mass is 9.86. The fourth-order valence-corrected chi connectivity index (χ4v) is 3.76. The summed E-state index contributed by atoms with van der Waals surface area (Å²) in [6, 6.07) is 4.88. The van der Waals surface area contributed by atoms with Gasteiger partial charge in [-0.05, 0) is 25.8 Å². The summed E-state index contributed by atoms with van der Waals surface area (Å²) < 4.78 is 5.45. The van der Waals surface area contributed by atoms with Crippen LogP contribution in [0.25, 0.3) is 0 Å². The molecule has 0 radical (unpaired) electrons. The number of benzene rings is 1. The molecule has 0 spiro atoms. The molecule has 0 aromatic heterocycles. The topological polar surface area (TPSA) is 117 Å². The van der Waals surface area contributed by atoms with Crippen LogP contribution in [0.2, 0.25) is 5.02 Å². The van der Waals surface area contributed by atoms with Gasteiger partial charge in [0.25, 0.3) is 0 Å². The van der Waals surface area contributed by atoms with Gasteiger partial charge in [-0.15, -0.1) is 0 Å². The molecule has 9 heteroatoms. The minimum atomic E-state index is -1.29. The Labute approximate surface area is 156 Å². The number of carbonyl (C=O) groups is 2. The molecule has 2 amide bonds. The maximum Gasteiger partial charge on any atom is 0.411 e. The van der Waals surface area contributed by atoms with Gasteiger partial charge in [-0.25, -0.2) is 9.79 Å². The zero-order valence-electron chi connectivity index (χ0n) is 14.4. The zero-order chi connectivity index (χ0) is 18.9. The normalized spacial score (nSPS) is 26.4. The second-order valence-corrected chi connectivity index (χ2v) is 7.04. The number of amides is 2. The number of nitrogen functional groups attached to an aromatic ring is 1. The third kappa shape index (κ3) is 3.47. The highest BCUT2D eigenvalue weighted by Gasteiger charge is 2.43. The van der Waals surface area contributed by atoms with Crippen molar-refractivity contribution in [2.75, 3.05) is 18.9 Å². The first-order valence-electron chi connectivity index (χ1n) is 8.36. The Morgan fingerprint density at radius 2 is 2.31 bits per heavy atom. The lowest BCUT2D eigenvalue weighted by Gasteiger charge is -2.41. The van der Waals surface area contributed by atoms with Crippen LogP contribution in [-0.2, 0) is 15.1 Å². The van der Waals surface area contributed by atoms with Crippen molar-refractivity contribution in [3.63, 3.8) is 0 Å². The number of nitrogens with zero attached hydrogens (tertiary/aromatic N) is 2. The van der Waals surface area contributed by atoms with Gasteiger partial charge in [-0.2, -0.15) is 0 Å². The molecule has 0 aliphatic carbocycles. The molecule has 3 rings (SSSR count). The number of nitrogens with one attached hydrogen (secondary N) is 1. The Bertz CT molecular complexity index is 763. The van der Waals surface area contributed by atoms with Crippen molar-refractivity contribution in [3.8, 4) is 0 Å². The van der Waals surface area contributed by atoms with Gasteiger partial charge < -0.3 is 15.6 Å². The number of guanidine groups is 1. The molecule has 26 heavy (non-hydrogen) atoms. The van der Waals surface area contributed by atoms with Crippen LogP contribution < -0.4 is 11.1 Å². The monoisotopic (exact) mass is 380 g/mol. The molecule has 2 heterocycles. The Morgan fingerprint density at radius 3 is 2.96 bits per heavy atom. The van der Waals surface area contributed by atoms with E-state index in [1.165, 1.54) is 4.90 Å². The molecule has 140 valence electrons. The summed E-state index contributed by atoms with van der Waals surface area (Å²) in [4.78, 5) is 30.2. The highest BCUT2D eigenvalue weighted by atomic mass is 35.5. The summed E-state index contributed by atoms with van der Waals surface area (Å²) in [6.07, 6.45) is 0.285. The van der Waals surface area contributed by atoms with E-state index >= 15 is 0 Å². The van der Waals surface area contributed by atoms with Crippen molar-refractivity contribution >= 4 is 35.2 Å². The number of hydrogen-bond acceptors (Lipinski definition) is 5. The van der Waals surface area contributed by atoms with E-state index in [2.05, 4.69) is 10.3 Å². The largest absolute Gasteiger partial charge is 0.465 e. The van der Waals surface area contributed by atoms with Crippen molar-refractivity contribution in [1.82, 2.24) is 10.2 Å². The minimum Gasteiger partial charge on any atom is -0.465 e. The summed E-state index contributed by atoms with van der Waals surface area (Å²) in [5, 5.41) is 11.8. The van der Waals surface area contributed by atoms with Gasteiger partial charge in [0, 0.05) is 12.2 Å². The lowest BCUT2D eigenvalue weighted by molar-refractivity contribution is -0.133. The Balaban J connectivity index is 2.04. The van der Waals surface area contributed by atoms with E-state index in [4.69, 9.17) is 22.1 Å². The Hall–Kier alpha value is -2.32. The Morgan fingerprint density at radius 1 is 1.54 bits per heavy atom. The van der Waals surface area contributed by atoms with Gasteiger partial charge in [-0.3, -0.25) is 15.0 Å². The summed E-state index contributed by atoms with van der Waals surface area (Å²) in [7, 11) is 0. The predicted molar refractivity (Wildman–Crippen MR) is 97.1 cm³/mol. The quantitative estimate of drug-likeness (QED) is 0.680. The molecule has 2 aliphatic rings. The number of hydrogen-bond donors (Lipinski definition) is 3. The highest BCUT2D eigenvalue weighted by Crippen LogP contribution is 2.40. The molecule has 1 fully saturated rings. The molecule has 1 unspecified atom stereocenters. The first kappa shape index (κ1) is 18.5. The van der Waals surface area contributed by atoms with Crippen molar-refractivity contribution < 1.29 is 19.4 Å². The van der Waals surface area contributed by atoms with Crippen molar-refractivity contribution in [3.05, 3.63) is 28.8 Å². The van der Waals surface area contributed by atoms with Crippen LogP contribution >= 0.6 is 11.6 Å². The minimum absolute atomic E-state index is 0.00904. The summed E-state index contributed by atoms with van der Waals surface area (Å²) in [5.41, 5.74) is 5.82. The van der Waals surface area contributed by atoms with Crippen LogP contribution in [0.15, 0.2) is 23.2 Å². The van der Waals surface area contributed by atoms with Gasteiger partial charge >= 0.3 is 6.09 Å². The maximum absolute atomic E-state index is 13.0.